The number of benzene rings is 1. The first-order valence-electron chi connectivity index (χ1n) is 4.93. The van der Waals surface area contributed by atoms with E-state index in [1.54, 1.807) is 30.3 Å². The van der Waals surface area contributed by atoms with E-state index in [1.165, 1.54) is 0 Å². The minimum Gasteiger partial charge on any atom is -0.279 e. The van der Waals surface area contributed by atoms with E-state index in [0.29, 0.717) is 10.7 Å². The monoisotopic (exact) mass is 365 g/mol. The maximum atomic E-state index is 12.1. The SMILES string of the molecule is Cc1ccc(Cl)cc1NS(=O)(=O)c1ccc(Br)s1. The van der Waals surface area contributed by atoms with E-state index < -0.39 is 10.0 Å². The molecule has 7 heteroatoms. The highest BCUT2D eigenvalue weighted by Gasteiger charge is 2.17. The molecular weight excluding hydrogens is 358 g/mol. The molecule has 0 bridgehead atoms. The van der Waals surface area contributed by atoms with Gasteiger partial charge in [0.2, 0.25) is 0 Å². The van der Waals surface area contributed by atoms with Gasteiger partial charge in [0.1, 0.15) is 4.21 Å². The topological polar surface area (TPSA) is 46.2 Å². The fourth-order valence-electron chi connectivity index (χ4n) is 1.34. The second-order valence-corrected chi connectivity index (χ2v) is 8.43. The Morgan fingerprint density at radius 1 is 1.28 bits per heavy atom. The van der Waals surface area contributed by atoms with Crippen LogP contribution in [0.2, 0.25) is 5.02 Å². The highest BCUT2D eigenvalue weighted by molar-refractivity contribution is 9.11. The number of sulfonamides is 1. The molecule has 2 aromatic rings. The molecule has 0 unspecified atom stereocenters. The Kier molecular flexibility index (Phi) is 4.01. The van der Waals surface area contributed by atoms with E-state index in [2.05, 4.69) is 20.7 Å². The Balaban J connectivity index is 2.36. The number of aryl methyl sites for hydroxylation is 1. The number of hydrogen-bond donors (Lipinski definition) is 1. The quantitative estimate of drug-likeness (QED) is 0.881. The molecule has 1 N–H and O–H groups in total. The van der Waals surface area contributed by atoms with E-state index in [9.17, 15) is 8.42 Å². The molecule has 1 heterocycles. The van der Waals surface area contributed by atoms with Crippen LogP contribution in [-0.2, 0) is 10.0 Å². The zero-order chi connectivity index (χ0) is 13.3. The van der Waals surface area contributed by atoms with E-state index in [1.807, 2.05) is 6.92 Å². The van der Waals surface area contributed by atoms with Gasteiger partial charge in [0.25, 0.3) is 10.0 Å². The molecule has 2 rings (SSSR count). The van der Waals surface area contributed by atoms with Crippen molar-refractivity contribution in [3.8, 4) is 0 Å². The maximum Gasteiger partial charge on any atom is 0.271 e. The summed E-state index contributed by atoms with van der Waals surface area (Å²) in [4.78, 5) is 0. The average Bonchev–Trinajstić information content (AvgIpc) is 2.71. The first kappa shape index (κ1) is 13.9. The molecule has 0 aliphatic carbocycles. The fraction of sp³-hybridized carbons (Fsp3) is 0.0909. The molecule has 0 saturated carbocycles. The summed E-state index contributed by atoms with van der Waals surface area (Å²) < 4.78 is 27.8. The van der Waals surface area contributed by atoms with Gasteiger partial charge in [-0.3, -0.25) is 4.72 Å². The third kappa shape index (κ3) is 3.06. The zero-order valence-electron chi connectivity index (χ0n) is 9.28. The summed E-state index contributed by atoms with van der Waals surface area (Å²) in [5.41, 5.74) is 1.31. The van der Waals surface area contributed by atoms with Crippen LogP contribution < -0.4 is 4.72 Å². The summed E-state index contributed by atoms with van der Waals surface area (Å²) >= 11 is 10.3. The maximum absolute atomic E-state index is 12.1. The van der Waals surface area contributed by atoms with E-state index in [4.69, 9.17) is 11.6 Å². The van der Waals surface area contributed by atoms with Crippen LogP contribution >= 0.6 is 38.9 Å². The second-order valence-electron chi connectivity index (χ2n) is 3.62. The van der Waals surface area contributed by atoms with Crippen molar-refractivity contribution in [2.75, 3.05) is 4.72 Å². The van der Waals surface area contributed by atoms with Gasteiger partial charge in [-0.1, -0.05) is 17.7 Å². The standard InChI is InChI=1S/C11H9BrClNO2S2/c1-7-2-3-8(13)6-9(7)14-18(15,16)11-5-4-10(12)17-11/h2-6,14H,1H3. The van der Waals surface area contributed by atoms with Crippen molar-refractivity contribution >= 4 is 54.6 Å². The highest BCUT2D eigenvalue weighted by atomic mass is 79.9. The summed E-state index contributed by atoms with van der Waals surface area (Å²) in [6, 6.07) is 8.33. The third-order valence-corrected chi connectivity index (χ3v) is 5.97. The summed E-state index contributed by atoms with van der Waals surface area (Å²) in [6.45, 7) is 1.82. The number of nitrogens with one attached hydrogen (secondary N) is 1. The molecule has 0 spiro atoms. The Bertz CT molecular complexity index is 682. The Morgan fingerprint density at radius 3 is 2.61 bits per heavy atom. The lowest BCUT2D eigenvalue weighted by Gasteiger charge is -2.09. The van der Waals surface area contributed by atoms with Crippen molar-refractivity contribution in [1.82, 2.24) is 0 Å². The molecule has 0 aliphatic heterocycles. The minimum atomic E-state index is -3.55. The van der Waals surface area contributed by atoms with Gasteiger partial charge in [0.15, 0.2) is 0 Å². The van der Waals surface area contributed by atoms with Crippen LogP contribution in [0.4, 0.5) is 5.69 Å². The largest absolute Gasteiger partial charge is 0.279 e. The molecular formula is C11H9BrClNO2S2. The van der Waals surface area contributed by atoms with Crippen molar-refractivity contribution in [3.63, 3.8) is 0 Å². The molecule has 18 heavy (non-hydrogen) atoms. The molecule has 1 aromatic carbocycles. The summed E-state index contributed by atoms with van der Waals surface area (Å²) in [5.74, 6) is 0. The first-order chi connectivity index (χ1) is 8.38. The lowest BCUT2D eigenvalue weighted by Crippen LogP contribution is -2.12. The Labute approximate surface area is 123 Å². The molecule has 0 saturated heterocycles. The Hall–Kier alpha value is -0.560. The fourth-order valence-corrected chi connectivity index (χ4v) is 4.64. The molecule has 1 aromatic heterocycles. The minimum absolute atomic E-state index is 0.258. The van der Waals surface area contributed by atoms with E-state index >= 15 is 0 Å². The van der Waals surface area contributed by atoms with Crippen molar-refractivity contribution in [2.24, 2.45) is 0 Å². The lowest BCUT2D eigenvalue weighted by atomic mass is 10.2. The van der Waals surface area contributed by atoms with Crippen molar-refractivity contribution in [1.29, 1.82) is 0 Å². The number of anilines is 1. The highest BCUT2D eigenvalue weighted by Crippen LogP contribution is 2.29. The van der Waals surface area contributed by atoms with Gasteiger partial charge in [0, 0.05) is 5.02 Å². The summed E-state index contributed by atoms with van der Waals surface area (Å²) in [5, 5.41) is 0.491. The number of thiophene rings is 1. The van der Waals surface area contributed by atoms with Gasteiger partial charge in [-0.05, 0) is 52.7 Å². The molecule has 0 radical (unpaired) electrons. The molecule has 96 valence electrons. The van der Waals surface area contributed by atoms with E-state index in [0.717, 1.165) is 20.7 Å². The number of rotatable bonds is 3. The molecule has 3 nitrogen and oxygen atoms in total. The van der Waals surface area contributed by atoms with Crippen LogP contribution in [0, 0.1) is 6.92 Å². The van der Waals surface area contributed by atoms with Crippen LogP contribution in [0.3, 0.4) is 0 Å². The lowest BCUT2D eigenvalue weighted by molar-refractivity contribution is 0.603. The Morgan fingerprint density at radius 2 is 2.00 bits per heavy atom. The zero-order valence-corrected chi connectivity index (χ0v) is 13.3. The van der Waals surface area contributed by atoms with Gasteiger partial charge in [-0.15, -0.1) is 11.3 Å². The van der Waals surface area contributed by atoms with Crippen molar-refractivity contribution in [2.45, 2.75) is 11.1 Å². The summed E-state index contributed by atoms with van der Waals surface area (Å²) in [7, 11) is -3.55. The summed E-state index contributed by atoms with van der Waals surface area (Å²) in [6.07, 6.45) is 0. The van der Waals surface area contributed by atoms with Crippen LogP contribution in [-0.4, -0.2) is 8.42 Å². The smallest absolute Gasteiger partial charge is 0.271 e. The normalized spacial score (nSPS) is 11.5. The molecule has 0 atom stereocenters. The van der Waals surface area contributed by atoms with Crippen LogP contribution in [0.15, 0.2) is 38.3 Å². The predicted molar refractivity (Wildman–Crippen MR) is 79.0 cm³/mol. The van der Waals surface area contributed by atoms with Gasteiger partial charge in [0.05, 0.1) is 9.47 Å². The molecule has 0 aliphatic rings. The van der Waals surface area contributed by atoms with E-state index in [-0.39, 0.29) is 4.21 Å². The average molecular weight is 367 g/mol. The van der Waals surface area contributed by atoms with Crippen molar-refractivity contribution in [3.05, 3.63) is 44.7 Å². The van der Waals surface area contributed by atoms with Gasteiger partial charge in [-0.2, -0.15) is 0 Å². The van der Waals surface area contributed by atoms with Gasteiger partial charge >= 0.3 is 0 Å². The van der Waals surface area contributed by atoms with Crippen LogP contribution in [0.1, 0.15) is 5.56 Å². The predicted octanol–water partition coefficient (Wildman–Crippen LogP) is 4.27. The number of halogens is 2. The molecule has 0 amide bonds. The number of hydrogen-bond acceptors (Lipinski definition) is 3. The van der Waals surface area contributed by atoms with Gasteiger partial charge < -0.3 is 0 Å². The second kappa shape index (κ2) is 5.21. The van der Waals surface area contributed by atoms with Crippen LogP contribution in [0.5, 0.6) is 0 Å². The van der Waals surface area contributed by atoms with Crippen molar-refractivity contribution < 1.29 is 8.42 Å². The van der Waals surface area contributed by atoms with Crippen LogP contribution in [0.25, 0.3) is 0 Å². The molecule has 0 fully saturated rings. The first-order valence-corrected chi connectivity index (χ1v) is 8.40. The van der Waals surface area contributed by atoms with Gasteiger partial charge in [-0.25, -0.2) is 8.42 Å². The third-order valence-electron chi connectivity index (χ3n) is 2.26.